The first-order chi connectivity index (χ1) is 8.30. The molecule has 18 heavy (non-hydrogen) atoms. The van der Waals surface area contributed by atoms with E-state index in [0.29, 0.717) is 29.2 Å². The number of benzene rings is 1. The van der Waals surface area contributed by atoms with Gasteiger partial charge >= 0.3 is 6.18 Å². The van der Waals surface area contributed by atoms with Crippen LogP contribution in [-0.4, -0.2) is 24.2 Å². The molecule has 2 N–H and O–H groups in total. The second-order valence-corrected chi connectivity index (χ2v) is 4.66. The van der Waals surface area contributed by atoms with E-state index >= 15 is 0 Å². The number of hydrogen-bond donors (Lipinski definition) is 1. The predicted molar refractivity (Wildman–Crippen MR) is 67.5 cm³/mol. The Morgan fingerprint density at radius 1 is 1.28 bits per heavy atom. The number of nitrogen functional groups attached to an aromatic ring is 1. The van der Waals surface area contributed by atoms with Gasteiger partial charge in [0.25, 0.3) is 0 Å². The van der Waals surface area contributed by atoms with Crippen molar-refractivity contribution in [1.82, 2.24) is 4.90 Å². The molecule has 0 amide bonds. The van der Waals surface area contributed by atoms with Crippen molar-refractivity contribution in [3.63, 3.8) is 0 Å². The lowest BCUT2D eigenvalue weighted by Gasteiger charge is -2.23. The highest BCUT2D eigenvalue weighted by atomic mass is 35.5. The first kappa shape index (κ1) is 15.1. The molecule has 0 aliphatic rings. The summed E-state index contributed by atoms with van der Waals surface area (Å²) in [5, 5.41) is 0.438. The largest absolute Gasteiger partial charge is 0.401 e. The van der Waals surface area contributed by atoms with Gasteiger partial charge in [0.15, 0.2) is 0 Å². The molecule has 0 spiro atoms. The van der Waals surface area contributed by atoms with Gasteiger partial charge in [0.1, 0.15) is 0 Å². The molecule has 0 bridgehead atoms. The van der Waals surface area contributed by atoms with Crippen molar-refractivity contribution in [3.8, 4) is 0 Å². The summed E-state index contributed by atoms with van der Waals surface area (Å²) in [6.07, 6.45) is -3.54. The molecule has 0 aromatic heterocycles. The maximum absolute atomic E-state index is 12.4. The molecule has 0 unspecified atom stereocenters. The van der Waals surface area contributed by atoms with E-state index in [1.807, 2.05) is 6.92 Å². The molecule has 2 nitrogen and oxygen atoms in total. The lowest BCUT2D eigenvalue weighted by Crippen LogP contribution is -2.34. The van der Waals surface area contributed by atoms with E-state index in [4.69, 9.17) is 17.3 Å². The zero-order chi connectivity index (χ0) is 13.8. The normalized spacial score (nSPS) is 12.1. The maximum Gasteiger partial charge on any atom is 0.401 e. The van der Waals surface area contributed by atoms with E-state index in [0.717, 1.165) is 0 Å². The quantitative estimate of drug-likeness (QED) is 0.834. The fraction of sp³-hybridized carbons (Fsp3) is 0.500. The minimum absolute atomic E-state index is 0.193. The Morgan fingerprint density at radius 3 is 2.44 bits per heavy atom. The molecule has 6 heteroatoms. The second-order valence-electron chi connectivity index (χ2n) is 4.22. The van der Waals surface area contributed by atoms with E-state index in [1.54, 1.807) is 18.2 Å². The monoisotopic (exact) mass is 280 g/mol. The highest BCUT2D eigenvalue weighted by Gasteiger charge is 2.30. The lowest BCUT2D eigenvalue weighted by molar-refractivity contribution is -0.147. The number of hydrogen-bond acceptors (Lipinski definition) is 2. The topological polar surface area (TPSA) is 29.3 Å². The molecule has 0 fully saturated rings. The van der Waals surface area contributed by atoms with Gasteiger partial charge in [-0.2, -0.15) is 13.2 Å². The van der Waals surface area contributed by atoms with Crippen molar-refractivity contribution in [2.45, 2.75) is 26.1 Å². The zero-order valence-corrected chi connectivity index (χ0v) is 10.9. The smallest absolute Gasteiger partial charge is 0.399 e. The second kappa shape index (κ2) is 6.29. The molecular formula is C12H16ClF3N2. The van der Waals surface area contributed by atoms with Gasteiger partial charge in [-0.05, 0) is 36.7 Å². The molecule has 0 atom stereocenters. The number of rotatable bonds is 5. The number of anilines is 1. The number of nitrogens with zero attached hydrogens (tertiary/aromatic N) is 1. The molecular weight excluding hydrogens is 265 g/mol. The first-order valence-corrected chi connectivity index (χ1v) is 6.02. The predicted octanol–water partition coefficient (Wildman–Crippen LogP) is 3.70. The molecule has 0 radical (unpaired) electrons. The SMILES string of the molecule is CCCN(Cc1cc(N)cc(Cl)c1)CC(F)(F)F. The lowest BCUT2D eigenvalue weighted by atomic mass is 10.2. The van der Waals surface area contributed by atoms with E-state index in [1.165, 1.54) is 4.90 Å². The van der Waals surface area contributed by atoms with Crippen LogP contribution < -0.4 is 5.73 Å². The fourth-order valence-electron chi connectivity index (χ4n) is 1.81. The van der Waals surface area contributed by atoms with Gasteiger partial charge in [-0.3, -0.25) is 4.90 Å². The van der Waals surface area contributed by atoms with E-state index < -0.39 is 12.7 Å². The minimum Gasteiger partial charge on any atom is -0.399 e. The van der Waals surface area contributed by atoms with Gasteiger partial charge in [0.2, 0.25) is 0 Å². The van der Waals surface area contributed by atoms with Crippen LogP contribution in [0.2, 0.25) is 5.02 Å². The van der Waals surface area contributed by atoms with Crippen LogP contribution in [-0.2, 0) is 6.54 Å². The van der Waals surface area contributed by atoms with Crippen molar-refractivity contribution >= 4 is 17.3 Å². The Hall–Kier alpha value is -0.940. The molecule has 0 heterocycles. The molecule has 0 aliphatic heterocycles. The summed E-state index contributed by atoms with van der Waals surface area (Å²) in [7, 11) is 0. The third kappa shape index (κ3) is 5.60. The first-order valence-electron chi connectivity index (χ1n) is 5.64. The maximum atomic E-state index is 12.4. The van der Waals surface area contributed by atoms with Gasteiger partial charge in [-0.15, -0.1) is 0 Å². The zero-order valence-electron chi connectivity index (χ0n) is 10.1. The third-order valence-corrected chi connectivity index (χ3v) is 2.55. The molecule has 1 rings (SSSR count). The Balaban J connectivity index is 2.76. The van der Waals surface area contributed by atoms with E-state index in [-0.39, 0.29) is 6.54 Å². The van der Waals surface area contributed by atoms with Gasteiger partial charge < -0.3 is 5.73 Å². The van der Waals surface area contributed by atoms with Crippen molar-refractivity contribution in [2.75, 3.05) is 18.8 Å². The van der Waals surface area contributed by atoms with Gasteiger partial charge in [0.05, 0.1) is 6.54 Å². The van der Waals surface area contributed by atoms with Crippen molar-refractivity contribution < 1.29 is 13.2 Å². The molecule has 0 saturated carbocycles. The summed E-state index contributed by atoms with van der Waals surface area (Å²) < 4.78 is 37.2. The third-order valence-electron chi connectivity index (χ3n) is 2.33. The number of halogens is 4. The van der Waals surface area contributed by atoms with Crippen LogP contribution in [0.3, 0.4) is 0 Å². The van der Waals surface area contributed by atoms with Gasteiger partial charge in [-0.25, -0.2) is 0 Å². The Labute approximate surface area is 110 Å². The Bertz CT molecular complexity index is 373. The van der Waals surface area contributed by atoms with E-state index in [9.17, 15) is 13.2 Å². The van der Waals surface area contributed by atoms with Gasteiger partial charge in [0, 0.05) is 17.3 Å². The summed E-state index contributed by atoms with van der Waals surface area (Å²) in [5.74, 6) is 0. The van der Waals surface area contributed by atoms with Crippen LogP contribution in [0.4, 0.5) is 18.9 Å². The molecule has 0 saturated heterocycles. The molecule has 0 aliphatic carbocycles. The highest BCUT2D eigenvalue weighted by Crippen LogP contribution is 2.21. The average molecular weight is 281 g/mol. The molecule has 102 valence electrons. The Kier molecular flexibility index (Phi) is 5.28. The van der Waals surface area contributed by atoms with Gasteiger partial charge in [-0.1, -0.05) is 18.5 Å². The number of alkyl halides is 3. The summed E-state index contributed by atoms with van der Waals surface area (Å²) in [6, 6.07) is 4.85. The van der Waals surface area contributed by atoms with Crippen LogP contribution >= 0.6 is 11.6 Å². The minimum atomic E-state index is -4.20. The van der Waals surface area contributed by atoms with Crippen LogP contribution in [0.1, 0.15) is 18.9 Å². The summed E-state index contributed by atoms with van der Waals surface area (Å²) in [5.41, 5.74) is 6.76. The van der Waals surface area contributed by atoms with Crippen molar-refractivity contribution in [2.24, 2.45) is 0 Å². The van der Waals surface area contributed by atoms with Crippen LogP contribution in [0.5, 0.6) is 0 Å². The summed E-state index contributed by atoms with van der Waals surface area (Å²) in [4.78, 5) is 1.34. The highest BCUT2D eigenvalue weighted by molar-refractivity contribution is 6.30. The molecule has 1 aromatic carbocycles. The summed E-state index contributed by atoms with van der Waals surface area (Å²) >= 11 is 5.82. The van der Waals surface area contributed by atoms with Crippen molar-refractivity contribution in [1.29, 1.82) is 0 Å². The Morgan fingerprint density at radius 2 is 1.94 bits per heavy atom. The van der Waals surface area contributed by atoms with Crippen molar-refractivity contribution in [3.05, 3.63) is 28.8 Å². The average Bonchev–Trinajstić information content (AvgIpc) is 2.12. The summed E-state index contributed by atoms with van der Waals surface area (Å²) in [6.45, 7) is 1.49. The number of nitrogens with two attached hydrogens (primary N) is 1. The van der Waals surface area contributed by atoms with E-state index in [2.05, 4.69) is 0 Å². The van der Waals surface area contributed by atoms with Crippen LogP contribution in [0, 0.1) is 0 Å². The van der Waals surface area contributed by atoms with Crippen LogP contribution in [0.25, 0.3) is 0 Å². The van der Waals surface area contributed by atoms with Crippen LogP contribution in [0.15, 0.2) is 18.2 Å². The fourth-order valence-corrected chi connectivity index (χ4v) is 2.07. The standard InChI is InChI=1S/C12H16ClF3N2/c1-2-3-18(8-12(14,15)16)7-9-4-10(13)6-11(17)5-9/h4-6H,2-3,7-8,17H2,1H3. The molecule has 1 aromatic rings.